The summed E-state index contributed by atoms with van der Waals surface area (Å²) >= 11 is 1.39. The number of thiazole rings is 1. The molecule has 1 heterocycles. The van der Waals surface area contributed by atoms with E-state index >= 15 is 0 Å². The second kappa shape index (κ2) is 6.77. The first-order chi connectivity index (χ1) is 10.6. The minimum absolute atomic E-state index is 0.0316. The molecule has 0 spiro atoms. The van der Waals surface area contributed by atoms with Gasteiger partial charge in [0, 0.05) is 17.3 Å². The average Bonchev–Trinajstić information content (AvgIpc) is 3.25. The van der Waals surface area contributed by atoms with E-state index in [0.29, 0.717) is 23.5 Å². The first-order valence-electron chi connectivity index (χ1n) is 8.16. The summed E-state index contributed by atoms with van der Waals surface area (Å²) in [4.78, 5) is 28.2. The Kier molecular flexibility index (Phi) is 4.76. The number of carbonyl (C=O) groups excluding carboxylic acids is 2. The van der Waals surface area contributed by atoms with Crippen LogP contribution in [0.1, 0.15) is 51.1 Å². The summed E-state index contributed by atoms with van der Waals surface area (Å²) in [5.74, 6) is 0.815. The van der Waals surface area contributed by atoms with Gasteiger partial charge < -0.3 is 10.6 Å². The summed E-state index contributed by atoms with van der Waals surface area (Å²) in [5, 5.41) is 8.41. The Morgan fingerprint density at radius 2 is 2.05 bits per heavy atom. The minimum atomic E-state index is 0.0316. The van der Waals surface area contributed by atoms with Gasteiger partial charge in [-0.3, -0.25) is 9.59 Å². The fourth-order valence-electron chi connectivity index (χ4n) is 2.95. The highest BCUT2D eigenvalue weighted by molar-refractivity contribution is 7.13. The zero-order valence-electron chi connectivity index (χ0n) is 12.9. The molecule has 3 rings (SSSR count). The van der Waals surface area contributed by atoms with Crippen LogP contribution in [0.15, 0.2) is 5.38 Å². The molecule has 0 saturated heterocycles. The van der Waals surface area contributed by atoms with Gasteiger partial charge in [-0.25, -0.2) is 4.98 Å². The van der Waals surface area contributed by atoms with Crippen molar-refractivity contribution < 1.29 is 9.59 Å². The molecular weight excluding hydrogens is 298 g/mol. The Morgan fingerprint density at radius 3 is 2.77 bits per heavy atom. The van der Waals surface area contributed by atoms with Gasteiger partial charge in [-0.05, 0) is 31.6 Å². The Morgan fingerprint density at radius 1 is 1.27 bits per heavy atom. The van der Waals surface area contributed by atoms with Crippen molar-refractivity contribution >= 4 is 28.3 Å². The van der Waals surface area contributed by atoms with E-state index in [-0.39, 0.29) is 17.7 Å². The van der Waals surface area contributed by atoms with Crippen molar-refractivity contribution in [2.45, 2.75) is 57.9 Å². The number of aromatic nitrogens is 1. The number of nitrogens with zero attached hydrogens (tertiary/aromatic N) is 1. The highest BCUT2D eigenvalue weighted by Crippen LogP contribution is 2.30. The van der Waals surface area contributed by atoms with Gasteiger partial charge in [0.15, 0.2) is 5.13 Å². The molecule has 22 heavy (non-hydrogen) atoms. The van der Waals surface area contributed by atoms with Gasteiger partial charge in [-0.2, -0.15) is 0 Å². The Labute approximate surface area is 134 Å². The average molecular weight is 321 g/mol. The van der Waals surface area contributed by atoms with Crippen LogP contribution in [0.25, 0.3) is 0 Å². The highest BCUT2D eigenvalue weighted by atomic mass is 32.1. The summed E-state index contributed by atoms with van der Waals surface area (Å²) < 4.78 is 0. The molecule has 2 saturated carbocycles. The predicted octanol–water partition coefficient (Wildman–Crippen LogP) is 2.73. The van der Waals surface area contributed by atoms with Gasteiger partial charge in [-0.1, -0.05) is 19.8 Å². The van der Waals surface area contributed by atoms with E-state index in [0.717, 1.165) is 25.0 Å². The zero-order valence-corrected chi connectivity index (χ0v) is 13.7. The fraction of sp³-hybridized carbons (Fsp3) is 0.688. The van der Waals surface area contributed by atoms with Crippen molar-refractivity contribution in [3.8, 4) is 0 Å². The molecule has 6 heteroatoms. The van der Waals surface area contributed by atoms with Gasteiger partial charge in [0.2, 0.25) is 11.8 Å². The van der Waals surface area contributed by atoms with E-state index in [4.69, 9.17) is 0 Å². The van der Waals surface area contributed by atoms with Crippen LogP contribution < -0.4 is 10.6 Å². The number of nitrogens with one attached hydrogen (secondary N) is 2. The van der Waals surface area contributed by atoms with E-state index in [1.807, 2.05) is 5.38 Å². The van der Waals surface area contributed by atoms with Gasteiger partial charge in [0.1, 0.15) is 0 Å². The van der Waals surface area contributed by atoms with Crippen molar-refractivity contribution in [1.82, 2.24) is 10.3 Å². The summed E-state index contributed by atoms with van der Waals surface area (Å²) in [6, 6.07) is 0.300. The second-order valence-electron chi connectivity index (χ2n) is 6.52. The molecule has 0 bridgehead atoms. The maximum atomic E-state index is 12.1. The molecule has 2 aliphatic carbocycles. The van der Waals surface area contributed by atoms with E-state index in [1.165, 1.54) is 30.6 Å². The first kappa shape index (κ1) is 15.5. The first-order valence-corrected chi connectivity index (χ1v) is 9.04. The molecule has 2 aliphatic rings. The van der Waals surface area contributed by atoms with E-state index in [2.05, 4.69) is 22.5 Å². The monoisotopic (exact) mass is 321 g/mol. The van der Waals surface area contributed by atoms with Crippen LogP contribution in [-0.4, -0.2) is 22.8 Å². The lowest BCUT2D eigenvalue weighted by Crippen LogP contribution is -2.41. The lowest BCUT2D eigenvalue weighted by Gasteiger charge is -2.29. The van der Waals surface area contributed by atoms with Crippen LogP contribution in [0.3, 0.4) is 0 Å². The summed E-state index contributed by atoms with van der Waals surface area (Å²) in [7, 11) is 0. The lowest BCUT2D eigenvalue weighted by molar-refractivity contribution is -0.121. The van der Waals surface area contributed by atoms with E-state index < -0.39 is 0 Å². The Bertz CT molecular complexity index is 553. The third-order valence-electron chi connectivity index (χ3n) is 4.53. The lowest BCUT2D eigenvalue weighted by atomic mass is 9.86. The predicted molar refractivity (Wildman–Crippen MR) is 86.7 cm³/mol. The summed E-state index contributed by atoms with van der Waals surface area (Å²) in [5.41, 5.74) is 0.733. The number of hydrogen-bond donors (Lipinski definition) is 2. The molecule has 2 unspecified atom stereocenters. The van der Waals surface area contributed by atoms with Crippen molar-refractivity contribution in [2.75, 3.05) is 5.32 Å². The standard InChI is InChI=1S/C16H23N3O2S/c1-10-4-2-3-5-13(10)18-14(20)8-12-9-22-16(17-12)19-15(21)11-6-7-11/h9-11,13H,2-8H2,1H3,(H,18,20)(H,17,19,21). The second-order valence-corrected chi connectivity index (χ2v) is 7.38. The molecule has 0 aliphatic heterocycles. The van der Waals surface area contributed by atoms with Gasteiger partial charge in [0.05, 0.1) is 12.1 Å². The molecule has 1 aromatic rings. The molecule has 0 radical (unpaired) electrons. The van der Waals surface area contributed by atoms with Crippen LogP contribution >= 0.6 is 11.3 Å². The van der Waals surface area contributed by atoms with Crippen molar-refractivity contribution in [2.24, 2.45) is 11.8 Å². The maximum absolute atomic E-state index is 12.1. The molecule has 120 valence electrons. The number of carbonyl (C=O) groups is 2. The molecule has 0 aromatic carbocycles. The van der Waals surface area contributed by atoms with Gasteiger partial charge >= 0.3 is 0 Å². The number of anilines is 1. The zero-order chi connectivity index (χ0) is 15.5. The Hall–Kier alpha value is -1.43. The normalized spacial score (nSPS) is 24.8. The van der Waals surface area contributed by atoms with Crippen molar-refractivity contribution in [3.63, 3.8) is 0 Å². The molecule has 1 aromatic heterocycles. The van der Waals surface area contributed by atoms with E-state index in [9.17, 15) is 9.59 Å². The minimum Gasteiger partial charge on any atom is -0.353 e. The van der Waals surface area contributed by atoms with Gasteiger partial charge in [0.25, 0.3) is 0 Å². The van der Waals surface area contributed by atoms with Crippen molar-refractivity contribution in [3.05, 3.63) is 11.1 Å². The molecule has 2 atom stereocenters. The van der Waals surface area contributed by atoms with Crippen molar-refractivity contribution in [1.29, 1.82) is 0 Å². The highest BCUT2D eigenvalue weighted by Gasteiger charge is 2.30. The SMILES string of the molecule is CC1CCCCC1NC(=O)Cc1csc(NC(=O)C2CC2)n1. The molecule has 5 nitrogen and oxygen atoms in total. The van der Waals surface area contributed by atoms with Crippen LogP contribution in [0.2, 0.25) is 0 Å². The largest absolute Gasteiger partial charge is 0.353 e. The fourth-order valence-corrected chi connectivity index (χ4v) is 3.66. The van der Waals surface area contributed by atoms with Crippen LogP contribution in [0.4, 0.5) is 5.13 Å². The van der Waals surface area contributed by atoms with Gasteiger partial charge in [-0.15, -0.1) is 11.3 Å². The summed E-state index contributed by atoms with van der Waals surface area (Å²) in [6.07, 6.45) is 6.98. The quantitative estimate of drug-likeness (QED) is 0.876. The number of hydrogen-bond acceptors (Lipinski definition) is 4. The van der Waals surface area contributed by atoms with Crippen LogP contribution in [-0.2, 0) is 16.0 Å². The summed E-state index contributed by atoms with van der Waals surface area (Å²) in [6.45, 7) is 2.21. The molecule has 2 fully saturated rings. The van der Waals surface area contributed by atoms with Crippen LogP contribution in [0.5, 0.6) is 0 Å². The van der Waals surface area contributed by atoms with Crippen LogP contribution in [0, 0.1) is 11.8 Å². The molecule has 2 N–H and O–H groups in total. The molecule has 2 amide bonds. The Balaban J connectivity index is 1.48. The topological polar surface area (TPSA) is 71.1 Å². The molecular formula is C16H23N3O2S. The number of amides is 2. The maximum Gasteiger partial charge on any atom is 0.229 e. The third-order valence-corrected chi connectivity index (χ3v) is 5.34. The smallest absolute Gasteiger partial charge is 0.229 e. The third kappa shape index (κ3) is 4.06. The number of rotatable bonds is 5. The van der Waals surface area contributed by atoms with E-state index in [1.54, 1.807) is 0 Å².